The highest BCUT2D eigenvalue weighted by Crippen LogP contribution is 2.37. The molecule has 4 aromatic carbocycles. The number of halogens is 2. The van der Waals surface area contributed by atoms with E-state index in [2.05, 4.69) is 21.0 Å². The van der Waals surface area contributed by atoms with Crippen LogP contribution < -0.4 is 15.0 Å². The summed E-state index contributed by atoms with van der Waals surface area (Å²) in [6.07, 6.45) is 1.55. The Morgan fingerprint density at radius 1 is 1.00 bits per heavy atom. The molecule has 0 N–H and O–H groups in total. The largest absolute Gasteiger partial charge is 0.493 e. The van der Waals surface area contributed by atoms with Crippen molar-refractivity contribution in [3.8, 4) is 22.9 Å². The van der Waals surface area contributed by atoms with E-state index >= 15 is 0 Å². The van der Waals surface area contributed by atoms with Crippen molar-refractivity contribution in [3.63, 3.8) is 0 Å². The quantitative estimate of drug-likeness (QED) is 0.216. The molecule has 1 heterocycles. The molecular weight excluding hydrogens is 537 g/mol. The highest BCUT2D eigenvalue weighted by atomic mass is 79.9. The van der Waals surface area contributed by atoms with Gasteiger partial charge in [0.15, 0.2) is 17.3 Å². The normalized spacial score (nSPS) is 11.2. The van der Waals surface area contributed by atoms with Crippen LogP contribution in [0.2, 0.25) is 0 Å². The Balaban J connectivity index is 1.52. The lowest BCUT2D eigenvalue weighted by Gasteiger charge is -2.14. The summed E-state index contributed by atoms with van der Waals surface area (Å²) in [6, 6.07) is 26.5. The van der Waals surface area contributed by atoms with Crippen LogP contribution in [0.15, 0.2) is 105 Å². The molecule has 0 amide bonds. The van der Waals surface area contributed by atoms with Gasteiger partial charge in [0.05, 0.1) is 28.7 Å². The Bertz CT molecular complexity index is 1670. The number of rotatable bonds is 7. The fourth-order valence-electron chi connectivity index (χ4n) is 3.85. The van der Waals surface area contributed by atoms with Crippen LogP contribution >= 0.6 is 15.9 Å². The van der Waals surface area contributed by atoms with E-state index in [0.29, 0.717) is 43.8 Å². The van der Waals surface area contributed by atoms with Gasteiger partial charge in [-0.2, -0.15) is 9.78 Å². The van der Waals surface area contributed by atoms with Crippen LogP contribution in [0.25, 0.3) is 22.3 Å². The SMILES string of the molecule is COc1cc(C=Nn2c(-c3ccccc3)nc3ccccc3c2=O)cc(Br)c1OCc1ccccc1F. The van der Waals surface area contributed by atoms with Gasteiger partial charge in [0, 0.05) is 11.1 Å². The molecule has 37 heavy (non-hydrogen) atoms. The maximum Gasteiger partial charge on any atom is 0.282 e. The summed E-state index contributed by atoms with van der Waals surface area (Å²) in [5.74, 6) is 0.943. The minimum Gasteiger partial charge on any atom is -0.493 e. The van der Waals surface area contributed by atoms with Gasteiger partial charge in [0.1, 0.15) is 12.4 Å². The van der Waals surface area contributed by atoms with Crippen LogP contribution in [0, 0.1) is 5.82 Å². The van der Waals surface area contributed by atoms with Crippen LogP contribution in [0.3, 0.4) is 0 Å². The monoisotopic (exact) mass is 557 g/mol. The molecule has 0 bridgehead atoms. The summed E-state index contributed by atoms with van der Waals surface area (Å²) >= 11 is 3.51. The van der Waals surface area contributed by atoms with E-state index in [0.717, 1.165) is 5.56 Å². The van der Waals surface area contributed by atoms with Crippen molar-refractivity contribution >= 4 is 33.0 Å². The number of nitrogens with zero attached hydrogens (tertiary/aromatic N) is 3. The molecule has 5 aromatic rings. The number of aromatic nitrogens is 2. The first kappa shape index (κ1) is 24.4. The Hall–Kier alpha value is -4.30. The number of fused-ring (bicyclic) bond motifs is 1. The number of benzene rings is 4. The predicted molar refractivity (Wildman–Crippen MR) is 146 cm³/mol. The van der Waals surface area contributed by atoms with Crippen LogP contribution in [-0.2, 0) is 6.61 Å². The van der Waals surface area contributed by atoms with Gasteiger partial charge in [0.2, 0.25) is 0 Å². The highest BCUT2D eigenvalue weighted by molar-refractivity contribution is 9.10. The summed E-state index contributed by atoms with van der Waals surface area (Å²) in [5, 5.41) is 4.97. The topological polar surface area (TPSA) is 65.7 Å². The van der Waals surface area contributed by atoms with Crippen molar-refractivity contribution in [3.05, 3.63) is 123 Å². The average Bonchev–Trinajstić information content (AvgIpc) is 2.93. The Morgan fingerprint density at radius 2 is 1.73 bits per heavy atom. The molecule has 0 saturated heterocycles. The zero-order chi connectivity index (χ0) is 25.8. The number of hydrogen-bond acceptors (Lipinski definition) is 5. The van der Waals surface area contributed by atoms with Gasteiger partial charge in [0.25, 0.3) is 5.56 Å². The fraction of sp³-hybridized carbons (Fsp3) is 0.0690. The van der Waals surface area contributed by atoms with Gasteiger partial charge in [-0.1, -0.05) is 60.7 Å². The van der Waals surface area contributed by atoms with Gasteiger partial charge in [-0.15, -0.1) is 0 Å². The molecule has 5 rings (SSSR count). The molecule has 0 atom stereocenters. The molecular formula is C29H21BrFN3O3. The van der Waals surface area contributed by atoms with E-state index in [1.54, 1.807) is 54.7 Å². The first-order valence-corrected chi connectivity index (χ1v) is 12.2. The lowest BCUT2D eigenvalue weighted by molar-refractivity contribution is 0.278. The molecule has 1 aromatic heterocycles. The zero-order valence-electron chi connectivity index (χ0n) is 19.8. The smallest absolute Gasteiger partial charge is 0.282 e. The molecule has 0 spiro atoms. The van der Waals surface area contributed by atoms with Gasteiger partial charge >= 0.3 is 0 Å². The molecule has 0 unspecified atom stereocenters. The van der Waals surface area contributed by atoms with Gasteiger partial charge < -0.3 is 9.47 Å². The molecule has 0 fully saturated rings. The summed E-state index contributed by atoms with van der Waals surface area (Å²) < 4.78 is 27.3. The molecule has 0 aliphatic carbocycles. The summed E-state index contributed by atoms with van der Waals surface area (Å²) in [5.41, 5.74) is 2.16. The summed E-state index contributed by atoms with van der Waals surface area (Å²) in [4.78, 5) is 18.1. The molecule has 0 aliphatic rings. The second kappa shape index (κ2) is 10.8. The van der Waals surface area contributed by atoms with Gasteiger partial charge in [-0.3, -0.25) is 4.79 Å². The average molecular weight is 558 g/mol. The van der Waals surface area contributed by atoms with Crippen LogP contribution in [-0.4, -0.2) is 23.0 Å². The zero-order valence-corrected chi connectivity index (χ0v) is 21.4. The van der Waals surface area contributed by atoms with Gasteiger partial charge in [-0.25, -0.2) is 9.37 Å². The number of ether oxygens (including phenoxy) is 2. The third-order valence-corrected chi connectivity index (χ3v) is 6.28. The van der Waals surface area contributed by atoms with Crippen LogP contribution in [0.4, 0.5) is 4.39 Å². The Labute approximate surface area is 220 Å². The van der Waals surface area contributed by atoms with E-state index < -0.39 is 0 Å². The van der Waals surface area contributed by atoms with Crippen LogP contribution in [0.5, 0.6) is 11.5 Å². The molecule has 0 saturated carbocycles. The standard InChI is InChI=1S/C29H21BrFN3O3/c1-36-26-16-19(15-23(30)27(26)37-18-21-11-5-7-13-24(21)31)17-32-34-28(20-9-3-2-4-10-20)33-25-14-8-6-12-22(25)29(34)35/h2-17H,18H2,1H3. The minimum atomic E-state index is -0.343. The lowest BCUT2D eigenvalue weighted by atomic mass is 10.2. The summed E-state index contributed by atoms with van der Waals surface area (Å²) in [7, 11) is 1.52. The van der Waals surface area contributed by atoms with Crippen molar-refractivity contribution in [2.75, 3.05) is 7.11 Å². The van der Waals surface area contributed by atoms with E-state index in [1.165, 1.54) is 17.9 Å². The van der Waals surface area contributed by atoms with E-state index in [-0.39, 0.29) is 18.0 Å². The maximum absolute atomic E-state index is 14.0. The van der Waals surface area contributed by atoms with Crippen molar-refractivity contribution in [1.82, 2.24) is 9.66 Å². The van der Waals surface area contributed by atoms with Crippen molar-refractivity contribution in [1.29, 1.82) is 0 Å². The predicted octanol–water partition coefficient (Wildman–Crippen LogP) is 6.43. The third kappa shape index (κ3) is 5.15. The fourth-order valence-corrected chi connectivity index (χ4v) is 4.42. The van der Waals surface area contributed by atoms with Crippen molar-refractivity contribution in [2.24, 2.45) is 5.10 Å². The number of hydrogen-bond donors (Lipinski definition) is 0. The first-order valence-electron chi connectivity index (χ1n) is 11.4. The number of para-hydroxylation sites is 1. The summed E-state index contributed by atoms with van der Waals surface area (Å²) in [6.45, 7) is 0.0354. The van der Waals surface area contributed by atoms with Crippen LogP contribution in [0.1, 0.15) is 11.1 Å². The number of methoxy groups -OCH3 is 1. The van der Waals surface area contributed by atoms with E-state index in [1.807, 2.05) is 36.4 Å². The molecule has 0 radical (unpaired) electrons. The second-order valence-electron chi connectivity index (χ2n) is 8.09. The van der Waals surface area contributed by atoms with Gasteiger partial charge in [-0.05, 0) is 51.8 Å². The van der Waals surface area contributed by atoms with E-state index in [9.17, 15) is 9.18 Å². The van der Waals surface area contributed by atoms with E-state index in [4.69, 9.17) is 14.5 Å². The molecule has 8 heteroatoms. The highest BCUT2D eigenvalue weighted by Gasteiger charge is 2.14. The molecule has 0 aliphatic heterocycles. The molecule has 184 valence electrons. The third-order valence-electron chi connectivity index (χ3n) is 5.69. The Kier molecular flexibility index (Phi) is 7.09. The maximum atomic E-state index is 14.0. The lowest BCUT2D eigenvalue weighted by Crippen LogP contribution is -2.20. The van der Waals surface area contributed by atoms with Crippen molar-refractivity contribution in [2.45, 2.75) is 6.61 Å². The Morgan fingerprint density at radius 3 is 2.51 bits per heavy atom. The first-order chi connectivity index (χ1) is 18.0. The molecule has 6 nitrogen and oxygen atoms in total. The second-order valence-corrected chi connectivity index (χ2v) is 8.95. The van der Waals surface area contributed by atoms with Crippen molar-refractivity contribution < 1.29 is 13.9 Å². The minimum absolute atomic E-state index is 0.0354.